The first kappa shape index (κ1) is 12.2. The number of hydrogen-bond donors (Lipinski definition) is 2. The van der Waals surface area contributed by atoms with Gasteiger partial charge in [-0.2, -0.15) is 5.10 Å². The fourth-order valence-corrected chi connectivity index (χ4v) is 2.83. The van der Waals surface area contributed by atoms with Crippen molar-refractivity contribution in [3.05, 3.63) is 12.4 Å². The highest BCUT2D eigenvalue weighted by atomic mass is 32.2. The van der Waals surface area contributed by atoms with Crippen LogP contribution in [0.25, 0.3) is 0 Å². The highest BCUT2D eigenvalue weighted by Crippen LogP contribution is 2.15. The van der Waals surface area contributed by atoms with Gasteiger partial charge >= 0.3 is 0 Å². The van der Waals surface area contributed by atoms with E-state index in [1.807, 2.05) is 20.8 Å². The number of sulfonamides is 1. The van der Waals surface area contributed by atoms with Crippen molar-refractivity contribution in [2.24, 2.45) is 0 Å². The van der Waals surface area contributed by atoms with E-state index >= 15 is 0 Å². The lowest BCUT2D eigenvalue weighted by Crippen LogP contribution is -2.42. The minimum Gasteiger partial charge on any atom is -0.284 e. The quantitative estimate of drug-likeness (QED) is 0.801. The number of aromatic nitrogens is 2. The lowest BCUT2D eigenvalue weighted by molar-refractivity contribution is 0.418. The van der Waals surface area contributed by atoms with Crippen LogP contribution < -0.4 is 4.72 Å². The summed E-state index contributed by atoms with van der Waals surface area (Å²) in [5, 5.41) is 6.10. The molecule has 15 heavy (non-hydrogen) atoms. The Labute approximate surface area is 90.3 Å². The van der Waals surface area contributed by atoms with Gasteiger partial charge in [0.15, 0.2) is 0 Å². The molecule has 5 nitrogen and oxygen atoms in total. The lowest BCUT2D eigenvalue weighted by atomic mass is 10.0. The molecule has 0 amide bonds. The van der Waals surface area contributed by atoms with Crippen molar-refractivity contribution in [2.45, 2.75) is 44.0 Å². The van der Waals surface area contributed by atoms with E-state index < -0.39 is 15.6 Å². The van der Waals surface area contributed by atoms with E-state index in [0.717, 1.165) is 12.8 Å². The number of rotatable bonds is 5. The standard InChI is InChI=1S/C9H17N3O2S/c1-4-5-9(2,3)12-15(13,14)8-6-10-11-7-8/h6-7,12H,4-5H2,1-3H3,(H,10,11). The molecular weight excluding hydrogens is 214 g/mol. The summed E-state index contributed by atoms with van der Waals surface area (Å²) in [5.74, 6) is 0. The van der Waals surface area contributed by atoms with Gasteiger partial charge in [0.2, 0.25) is 10.0 Å². The Kier molecular flexibility index (Phi) is 3.51. The van der Waals surface area contributed by atoms with Crippen LogP contribution in [0.15, 0.2) is 17.3 Å². The largest absolute Gasteiger partial charge is 0.284 e. The van der Waals surface area contributed by atoms with Crippen LogP contribution in [0.4, 0.5) is 0 Å². The van der Waals surface area contributed by atoms with Crippen LogP contribution >= 0.6 is 0 Å². The highest BCUT2D eigenvalue weighted by molar-refractivity contribution is 7.89. The Bertz CT molecular complexity index is 395. The zero-order valence-corrected chi connectivity index (χ0v) is 10.1. The van der Waals surface area contributed by atoms with Crippen LogP contribution in [0.1, 0.15) is 33.6 Å². The van der Waals surface area contributed by atoms with Crippen LogP contribution in [0.3, 0.4) is 0 Å². The molecule has 0 radical (unpaired) electrons. The SMILES string of the molecule is CCCC(C)(C)NS(=O)(=O)c1cn[nH]c1. The molecular formula is C9H17N3O2S. The molecule has 1 heterocycles. The second kappa shape index (κ2) is 4.32. The van der Waals surface area contributed by atoms with E-state index in [2.05, 4.69) is 14.9 Å². The second-order valence-corrected chi connectivity index (χ2v) is 5.86. The van der Waals surface area contributed by atoms with Crippen molar-refractivity contribution in [3.63, 3.8) is 0 Å². The monoisotopic (exact) mass is 231 g/mol. The summed E-state index contributed by atoms with van der Waals surface area (Å²) in [5.41, 5.74) is -0.426. The summed E-state index contributed by atoms with van der Waals surface area (Å²) in [7, 11) is -3.44. The predicted molar refractivity (Wildman–Crippen MR) is 57.9 cm³/mol. The third-order valence-electron chi connectivity index (χ3n) is 2.07. The van der Waals surface area contributed by atoms with Gasteiger partial charge < -0.3 is 0 Å². The van der Waals surface area contributed by atoms with Gasteiger partial charge in [0.1, 0.15) is 4.90 Å². The zero-order chi connectivity index (χ0) is 11.5. The number of aromatic amines is 1. The van der Waals surface area contributed by atoms with Gasteiger partial charge in [-0.15, -0.1) is 0 Å². The van der Waals surface area contributed by atoms with Gasteiger partial charge in [-0.25, -0.2) is 13.1 Å². The molecule has 0 aliphatic carbocycles. The molecule has 1 aromatic heterocycles. The third kappa shape index (κ3) is 3.32. The molecule has 1 aromatic rings. The average Bonchev–Trinajstić information content (AvgIpc) is 2.52. The van der Waals surface area contributed by atoms with Crippen LogP contribution in [0.2, 0.25) is 0 Å². The van der Waals surface area contributed by atoms with E-state index in [0.29, 0.717) is 0 Å². The summed E-state index contributed by atoms with van der Waals surface area (Å²) in [6.07, 6.45) is 4.39. The van der Waals surface area contributed by atoms with Crippen LogP contribution in [-0.4, -0.2) is 24.2 Å². The normalized spacial score (nSPS) is 13.0. The van der Waals surface area contributed by atoms with Crippen molar-refractivity contribution in [2.75, 3.05) is 0 Å². The van der Waals surface area contributed by atoms with Crippen molar-refractivity contribution in [3.8, 4) is 0 Å². The molecule has 0 bridgehead atoms. The number of H-pyrrole nitrogens is 1. The number of nitrogens with one attached hydrogen (secondary N) is 2. The molecule has 0 atom stereocenters. The first-order valence-electron chi connectivity index (χ1n) is 4.90. The molecule has 0 fully saturated rings. The zero-order valence-electron chi connectivity index (χ0n) is 9.24. The molecule has 0 spiro atoms. The third-order valence-corrected chi connectivity index (χ3v) is 3.73. The van der Waals surface area contributed by atoms with Crippen molar-refractivity contribution in [1.29, 1.82) is 0 Å². The number of hydrogen-bond acceptors (Lipinski definition) is 3. The smallest absolute Gasteiger partial charge is 0.244 e. The van der Waals surface area contributed by atoms with E-state index in [-0.39, 0.29) is 4.90 Å². The Morgan fingerprint density at radius 2 is 2.20 bits per heavy atom. The molecule has 0 saturated carbocycles. The van der Waals surface area contributed by atoms with E-state index in [1.54, 1.807) is 0 Å². The maximum atomic E-state index is 11.8. The van der Waals surface area contributed by atoms with Crippen LogP contribution in [-0.2, 0) is 10.0 Å². The number of nitrogens with zero attached hydrogens (tertiary/aromatic N) is 1. The molecule has 0 aromatic carbocycles. The Morgan fingerprint density at radius 1 is 1.53 bits per heavy atom. The first-order chi connectivity index (χ1) is 6.87. The van der Waals surface area contributed by atoms with Crippen LogP contribution in [0.5, 0.6) is 0 Å². The molecule has 0 aliphatic heterocycles. The maximum Gasteiger partial charge on any atom is 0.244 e. The van der Waals surface area contributed by atoms with Gasteiger partial charge in [-0.1, -0.05) is 13.3 Å². The minimum absolute atomic E-state index is 0.173. The summed E-state index contributed by atoms with van der Waals surface area (Å²) in [6, 6.07) is 0. The van der Waals surface area contributed by atoms with Gasteiger partial charge in [0.25, 0.3) is 0 Å². The fraction of sp³-hybridized carbons (Fsp3) is 0.667. The molecule has 0 unspecified atom stereocenters. The Hall–Kier alpha value is -0.880. The van der Waals surface area contributed by atoms with Gasteiger partial charge in [-0.3, -0.25) is 5.10 Å². The van der Waals surface area contributed by atoms with Gasteiger partial charge in [0, 0.05) is 11.7 Å². The molecule has 0 saturated heterocycles. The van der Waals surface area contributed by atoms with E-state index in [4.69, 9.17) is 0 Å². The molecule has 2 N–H and O–H groups in total. The fourth-order valence-electron chi connectivity index (χ4n) is 1.48. The van der Waals surface area contributed by atoms with E-state index in [1.165, 1.54) is 12.4 Å². The topological polar surface area (TPSA) is 74.8 Å². The van der Waals surface area contributed by atoms with Gasteiger partial charge in [-0.05, 0) is 20.3 Å². The van der Waals surface area contributed by atoms with Crippen molar-refractivity contribution >= 4 is 10.0 Å². The Balaban J connectivity index is 2.82. The predicted octanol–water partition coefficient (Wildman–Crippen LogP) is 1.27. The molecule has 1 rings (SSSR count). The first-order valence-corrected chi connectivity index (χ1v) is 6.38. The summed E-state index contributed by atoms with van der Waals surface area (Å²) >= 11 is 0. The summed E-state index contributed by atoms with van der Waals surface area (Å²) in [4.78, 5) is 0.173. The van der Waals surface area contributed by atoms with Crippen LogP contribution in [0, 0.1) is 0 Å². The van der Waals surface area contributed by atoms with Crippen molar-refractivity contribution in [1.82, 2.24) is 14.9 Å². The molecule has 0 aliphatic rings. The average molecular weight is 231 g/mol. The van der Waals surface area contributed by atoms with Crippen molar-refractivity contribution < 1.29 is 8.42 Å². The minimum atomic E-state index is -3.44. The Morgan fingerprint density at radius 3 is 2.67 bits per heavy atom. The maximum absolute atomic E-state index is 11.8. The summed E-state index contributed by atoms with van der Waals surface area (Å²) in [6.45, 7) is 5.76. The second-order valence-electron chi connectivity index (χ2n) is 4.17. The lowest BCUT2D eigenvalue weighted by Gasteiger charge is -2.24. The molecule has 86 valence electrons. The molecule has 6 heteroatoms. The summed E-state index contributed by atoms with van der Waals surface area (Å²) < 4.78 is 26.3. The van der Waals surface area contributed by atoms with E-state index in [9.17, 15) is 8.42 Å². The van der Waals surface area contributed by atoms with Gasteiger partial charge in [0.05, 0.1) is 6.20 Å². The highest BCUT2D eigenvalue weighted by Gasteiger charge is 2.25.